The SMILES string of the molecule is COc1cc(Br)c(Oc2ccc(C(C)=O)c(Br)c2)cc1Br. The van der Waals surface area contributed by atoms with Gasteiger partial charge in [-0.1, -0.05) is 0 Å². The maximum absolute atomic E-state index is 11.4. The number of hydrogen-bond donors (Lipinski definition) is 0. The van der Waals surface area contributed by atoms with Gasteiger partial charge in [-0.05, 0) is 85.0 Å². The lowest BCUT2D eigenvalue weighted by Crippen LogP contribution is -1.94. The highest BCUT2D eigenvalue weighted by atomic mass is 79.9. The van der Waals surface area contributed by atoms with E-state index in [2.05, 4.69) is 47.8 Å². The monoisotopic (exact) mass is 476 g/mol. The Kier molecular flexibility index (Phi) is 5.46. The molecule has 2 aromatic rings. The third kappa shape index (κ3) is 3.87. The summed E-state index contributed by atoms with van der Waals surface area (Å²) in [6.07, 6.45) is 0. The number of ether oxygens (including phenoxy) is 2. The molecule has 110 valence electrons. The van der Waals surface area contributed by atoms with Gasteiger partial charge in [0.2, 0.25) is 0 Å². The predicted molar refractivity (Wildman–Crippen MR) is 92.6 cm³/mol. The minimum Gasteiger partial charge on any atom is -0.496 e. The van der Waals surface area contributed by atoms with Crippen molar-refractivity contribution in [1.82, 2.24) is 0 Å². The van der Waals surface area contributed by atoms with Crippen molar-refractivity contribution in [2.45, 2.75) is 6.92 Å². The molecular formula is C15H11Br3O3. The molecule has 0 N–H and O–H groups in total. The van der Waals surface area contributed by atoms with Crippen LogP contribution in [0, 0.1) is 0 Å². The van der Waals surface area contributed by atoms with Crippen LogP contribution in [0.5, 0.6) is 17.2 Å². The lowest BCUT2D eigenvalue weighted by Gasteiger charge is -2.12. The average Bonchev–Trinajstić information content (AvgIpc) is 2.42. The molecule has 0 aliphatic heterocycles. The van der Waals surface area contributed by atoms with E-state index in [1.807, 2.05) is 12.1 Å². The zero-order valence-corrected chi connectivity index (χ0v) is 16.0. The quantitative estimate of drug-likeness (QED) is 0.507. The van der Waals surface area contributed by atoms with Crippen LogP contribution in [0.4, 0.5) is 0 Å². The van der Waals surface area contributed by atoms with Crippen molar-refractivity contribution >= 4 is 53.6 Å². The summed E-state index contributed by atoms with van der Waals surface area (Å²) in [5, 5.41) is 0. The van der Waals surface area contributed by atoms with E-state index in [9.17, 15) is 4.79 Å². The topological polar surface area (TPSA) is 35.5 Å². The minimum absolute atomic E-state index is 0.00166. The Morgan fingerprint density at radius 3 is 2.14 bits per heavy atom. The van der Waals surface area contributed by atoms with Gasteiger partial charge >= 0.3 is 0 Å². The van der Waals surface area contributed by atoms with Crippen molar-refractivity contribution in [2.24, 2.45) is 0 Å². The van der Waals surface area contributed by atoms with Crippen LogP contribution in [0.2, 0.25) is 0 Å². The highest BCUT2D eigenvalue weighted by Gasteiger charge is 2.11. The van der Waals surface area contributed by atoms with Gasteiger partial charge in [0.25, 0.3) is 0 Å². The Morgan fingerprint density at radius 1 is 0.952 bits per heavy atom. The van der Waals surface area contributed by atoms with E-state index < -0.39 is 0 Å². The maximum atomic E-state index is 11.4. The molecule has 0 fully saturated rings. The van der Waals surface area contributed by atoms with Gasteiger partial charge in [-0.2, -0.15) is 0 Å². The van der Waals surface area contributed by atoms with Crippen molar-refractivity contribution in [3.05, 3.63) is 49.3 Å². The van der Waals surface area contributed by atoms with E-state index in [-0.39, 0.29) is 5.78 Å². The molecule has 0 spiro atoms. The number of hydrogen-bond acceptors (Lipinski definition) is 3. The first-order chi connectivity index (χ1) is 9.92. The summed E-state index contributed by atoms with van der Waals surface area (Å²) in [4.78, 5) is 11.4. The molecule has 0 aliphatic carbocycles. The summed E-state index contributed by atoms with van der Waals surface area (Å²) >= 11 is 10.2. The van der Waals surface area contributed by atoms with Crippen LogP contribution < -0.4 is 9.47 Å². The van der Waals surface area contributed by atoms with Crippen molar-refractivity contribution in [3.8, 4) is 17.2 Å². The van der Waals surface area contributed by atoms with Crippen LogP contribution in [0.1, 0.15) is 17.3 Å². The summed E-state index contributed by atoms with van der Waals surface area (Å²) < 4.78 is 13.3. The summed E-state index contributed by atoms with van der Waals surface area (Å²) in [5.74, 6) is 1.99. The van der Waals surface area contributed by atoms with Crippen LogP contribution >= 0.6 is 47.8 Å². The van der Waals surface area contributed by atoms with Crippen molar-refractivity contribution in [2.75, 3.05) is 7.11 Å². The first kappa shape index (κ1) is 16.5. The number of ketones is 1. The largest absolute Gasteiger partial charge is 0.496 e. The summed E-state index contributed by atoms with van der Waals surface area (Å²) in [6, 6.07) is 8.88. The molecule has 0 bridgehead atoms. The molecule has 0 amide bonds. The number of benzene rings is 2. The highest BCUT2D eigenvalue weighted by Crippen LogP contribution is 2.38. The van der Waals surface area contributed by atoms with Crippen LogP contribution in [-0.4, -0.2) is 12.9 Å². The Bertz CT molecular complexity index is 699. The zero-order chi connectivity index (χ0) is 15.6. The van der Waals surface area contributed by atoms with E-state index in [0.29, 0.717) is 27.3 Å². The van der Waals surface area contributed by atoms with Crippen LogP contribution in [0.25, 0.3) is 0 Å². The van der Waals surface area contributed by atoms with Gasteiger partial charge in [0.15, 0.2) is 5.78 Å². The van der Waals surface area contributed by atoms with Gasteiger partial charge in [0.05, 0.1) is 16.1 Å². The molecule has 0 heterocycles. The third-order valence-electron chi connectivity index (χ3n) is 2.75. The second-order valence-corrected chi connectivity index (χ2v) is 6.78. The maximum Gasteiger partial charge on any atom is 0.160 e. The molecule has 2 rings (SSSR count). The van der Waals surface area contributed by atoms with E-state index >= 15 is 0 Å². The number of rotatable bonds is 4. The molecular weight excluding hydrogens is 468 g/mol. The molecule has 3 nitrogen and oxygen atoms in total. The number of methoxy groups -OCH3 is 1. The smallest absolute Gasteiger partial charge is 0.160 e. The Balaban J connectivity index is 2.32. The fourth-order valence-corrected chi connectivity index (χ4v) is 3.24. The number of carbonyl (C=O) groups is 1. The van der Waals surface area contributed by atoms with Gasteiger partial charge < -0.3 is 9.47 Å². The third-order valence-corrected chi connectivity index (χ3v) is 4.65. The fraction of sp³-hybridized carbons (Fsp3) is 0.133. The van der Waals surface area contributed by atoms with Crippen molar-refractivity contribution in [1.29, 1.82) is 0 Å². The first-order valence-electron chi connectivity index (χ1n) is 5.93. The van der Waals surface area contributed by atoms with Gasteiger partial charge in [0.1, 0.15) is 17.2 Å². The van der Waals surface area contributed by atoms with Gasteiger partial charge in [-0.15, -0.1) is 0 Å². The molecule has 0 saturated carbocycles. The van der Waals surface area contributed by atoms with Crippen molar-refractivity contribution < 1.29 is 14.3 Å². The van der Waals surface area contributed by atoms with Gasteiger partial charge in [-0.3, -0.25) is 4.79 Å². The number of halogens is 3. The molecule has 0 aliphatic rings. The zero-order valence-electron chi connectivity index (χ0n) is 11.2. The standard InChI is InChI=1S/C15H11Br3O3/c1-8(19)10-4-3-9(5-11(10)16)21-15-7-12(17)14(20-2)6-13(15)18/h3-7H,1-2H3. The van der Waals surface area contributed by atoms with Gasteiger partial charge in [-0.25, -0.2) is 0 Å². The van der Waals surface area contributed by atoms with E-state index in [4.69, 9.17) is 9.47 Å². The molecule has 2 aromatic carbocycles. The Hall–Kier alpha value is -0.850. The summed E-state index contributed by atoms with van der Waals surface area (Å²) in [6.45, 7) is 1.53. The van der Waals surface area contributed by atoms with Crippen molar-refractivity contribution in [3.63, 3.8) is 0 Å². The van der Waals surface area contributed by atoms with E-state index in [1.165, 1.54) is 6.92 Å². The first-order valence-corrected chi connectivity index (χ1v) is 8.31. The molecule has 0 unspecified atom stereocenters. The molecule has 0 aromatic heterocycles. The van der Waals surface area contributed by atoms with Crippen LogP contribution in [0.3, 0.4) is 0 Å². The lowest BCUT2D eigenvalue weighted by atomic mass is 10.1. The average molecular weight is 479 g/mol. The second kappa shape index (κ2) is 6.94. The minimum atomic E-state index is 0.00166. The number of carbonyl (C=O) groups excluding carboxylic acids is 1. The predicted octanol–water partition coefficient (Wildman–Crippen LogP) is 5.98. The second-order valence-electron chi connectivity index (χ2n) is 4.22. The summed E-state index contributed by atoms with van der Waals surface area (Å²) in [7, 11) is 1.60. The van der Waals surface area contributed by atoms with E-state index in [0.717, 1.165) is 8.95 Å². The van der Waals surface area contributed by atoms with E-state index in [1.54, 1.807) is 25.3 Å². The molecule has 6 heteroatoms. The molecule has 0 radical (unpaired) electrons. The van der Waals surface area contributed by atoms with Crippen LogP contribution in [-0.2, 0) is 0 Å². The lowest BCUT2D eigenvalue weighted by molar-refractivity contribution is 0.101. The van der Waals surface area contributed by atoms with Gasteiger partial charge in [0, 0.05) is 10.0 Å². The highest BCUT2D eigenvalue weighted by molar-refractivity contribution is 9.11. The summed E-state index contributed by atoms with van der Waals surface area (Å²) in [5.41, 5.74) is 0.623. The Labute approximate surface area is 148 Å². The molecule has 0 saturated heterocycles. The molecule has 21 heavy (non-hydrogen) atoms. The van der Waals surface area contributed by atoms with Crippen LogP contribution in [0.15, 0.2) is 43.7 Å². The Morgan fingerprint density at radius 2 is 1.57 bits per heavy atom. The number of Topliss-reactive ketones (excluding diaryl/α,β-unsaturated/α-hetero) is 1. The fourth-order valence-electron chi connectivity index (χ4n) is 1.72. The molecule has 0 atom stereocenters. The normalized spacial score (nSPS) is 10.3.